The zero-order valence-electron chi connectivity index (χ0n) is 22.4. The highest BCUT2D eigenvalue weighted by molar-refractivity contribution is 6.41. The molecule has 1 saturated heterocycles. The van der Waals surface area contributed by atoms with Gasteiger partial charge in [-0.25, -0.2) is 27.5 Å². The number of nitrogens with zero attached hydrogens (tertiary/aromatic N) is 5. The van der Waals surface area contributed by atoms with Gasteiger partial charge in [-0.15, -0.1) is 0 Å². The van der Waals surface area contributed by atoms with E-state index in [1.807, 2.05) is 18.7 Å². The quantitative estimate of drug-likeness (QED) is 0.132. The molecular weight excluding hydrogens is 566 g/mol. The van der Waals surface area contributed by atoms with E-state index in [0.717, 1.165) is 6.07 Å². The molecule has 0 atom stereocenters. The van der Waals surface area contributed by atoms with Crippen molar-refractivity contribution in [3.8, 4) is 11.3 Å². The standard InChI is InChI=1S/C27H28Cl2F3N7O/c1-6-13(4)24(22(34-5)12(2)3)39-26-14(25(37-27(39)40)38-9-7-35-8-10-38)11-15(30)23(36-26)16-17(28)19(31)20(32)21(33)18(16)29/h6,11-12,35H,1,7-10,33H2,2-5H3/b24-13+,34-22?. The van der Waals surface area contributed by atoms with Crippen LogP contribution in [-0.4, -0.2) is 53.5 Å². The molecule has 3 heterocycles. The van der Waals surface area contributed by atoms with Crippen LogP contribution in [0.1, 0.15) is 20.8 Å². The number of piperazine rings is 1. The average molecular weight is 594 g/mol. The number of aliphatic imine (C=N–C) groups is 1. The summed E-state index contributed by atoms with van der Waals surface area (Å²) < 4.78 is 45.9. The first kappa shape index (κ1) is 29.6. The smallest absolute Gasteiger partial charge is 0.355 e. The van der Waals surface area contributed by atoms with E-state index in [1.54, 1.807) is 20.0 Å². The Kier molecular flexibility index (Phi) is 8.57. The Hall–Kier alpha value is -3.41. The predicted molar refractivity (Wildman–Crippen MR) is 156 cm³/mol. The largest absolute Gasteiger partial charge is 0.395 e. The summed E-state index contributed by atoms with van der Waals surface area (Å²) in [7, 11) is 1.59. The molecule has 8 nitrogen and oxygen atoms in total. The fourth-order valence-electron chi connectivity index (χ4n) is 4.69. The summed E-state index contributed by atoms with van der Waals surface area (Å²) in [6.45, 7) is 11.7. The summed E-state index contributed by atoms with van der Waals surface area (Å²) in [5, 5.41) is 2.11. The second kappa shape index (κ2) is 11.6. The van der Waals surface area contributed by atoms with Crippen molar-refractivity contribution in [1.82, 2.24) is 19.9 Å². The minimum absolute atomic E-state index is 0.0154. The molecule has 0 spiro atoms. The van der Waals surface area contributed by atoms with E-state index in [9.17, 15) is 13.6 Å². The van der Waals surface area contributed by atoms with Gasteiger partial charge in [0.1, 0.15) is 17.3 Å². The van der Waals surface area contributed by atoms with Crippen LogP contribution in [0.5, 0.6) is 0 Å². The summed E-state index contributed by atoms with van der Waals surface area (Å²) in [4.78, 5) is 28.9. The lowest BCUT2D eigenvalue weighted by molar-refractivity contribution is 0.512. The zero-order valence-corrected chi connectivity index (χ0v) is 23.9. The highest BCUT2D eigenvalue weighted by Crippen LogP contribution is 2.43. The number of nitrogens with one attached hydrogen (secondary N) is 1. The Morgan fingerprint density at radius 2 is 1.82 bits per heavy atom. The van der Waals surface area contributed by atoms with Gasteiger partial charge in [0.25, 0.3) is 0 Å². The van der Waals surface area contributed by atoms with Gasteiger partial charge in [0.05, 0.1) is 32.5 Å². The molecule has 1 aliphatic heterocycles. The first-order valence-electron chi connectivity index (χ1n) is 12.5. The number of pyridine rings is 1. The van der Waals surface area contributed by atoms with Crippen molar-refractivity contribution in [2.75, 3.05) is 43.9 Å². The molecule has 0 amide bonds. The number of halogens is 5. The number of nitrogen functional groups attached to an aromatic ring is 1. The maximum absolute atomic E-state index is 15.9. The van der Waals surface area contributed by atoms with Crippen molar-refractivity contribution in [3.05, 3.63) is 62.3 Å². The Morgan fingerprint density at radius 1 is 1.18 bits per heavy atom. The van der Waals surface area contributed by atoms with Crippen molar-refractivity contribution in [2.24, 2.45) is 10.9 Å². The Bertz CT molecular complexity index is 1610. The van der Waals surface area contributed by atoms with Crippen molar-refractivity contribution >= 4 is 57.1 Å². The van der Waals surface area contributed by atoms with Crippen LogP contribution in [-0.2, 0) is 0 Å². The molecule has 4 rings (SSSR count). The van der Waals surface area contributed by atoms with E-state index in [4.69, 9.17) is 28.9 Å². The van der Waals surface area contributed by atoms with E-state index >= 15 is 4.39 Å². The number of fused-ring (bicyclic) bond motifs is 1. The molecule has 13 heteroatoms. The predicted octanol–water partition coefficient (Wildman–Crippen LogP) is 5.32. The number of anilines is 2. The summed E-state index contributed by atoms with van der Waals surface area (Å²) in [6, 6.07) is 1.13. The normalized spacial score (nSPS) is 15.2. The molecule has 0 unspecified atom stereocenters. The summed E-state index contributed by atoms with van der Waals surface area (Å²) in [5.74, 6) is -3.83. The van der Waals surface area contributed by atoms with Crippen molar-refractivity contribution in [3.63, 3.8) is 0 Å². The monoisotopic (exact) mass is 593 g/mol. The van der Waals surface area contributed by atoms with Gasteiger partial charge in [-0.05, 0) is 24.5 Å². The molecular formula is C27H28Cl2F3N7O. The molecule has 0 radical (unpaired) electrons. The highest BCUT2D eigenvalue weighted by Gasteiger charge is 2.29. The third-order valence-corrected chi connectivity index (χ3v) is 7.43. The van der Waals surface area contributed by atoms with Gasteiger partial charge < -0.3 is 16.0 Å². The molecule has 212 valence electrons. The number of nitrogens with two attached hydrogens (primary N) is 1. The van der Waals surface area contributed by atoms with Crippen molar-refractivity contribution < 1.29 is 13.2 Å². The molecule has 0 aliphatic carbocycles. The minimum atomic E-state index is -1.50. The van der Waals surface area contributed by atoms with Crippen molar-refractivity contribution in [2.45, 2.75) is 20.8 Å². The molecule has 1 aromatic carbocycles. The second-order valence-corrected chi connectivity index (χ2v) is 10.3. The van der Waals surface area contributed by atoms with Gasteiger partial charge in [0, 0.05) is 38.8 Å². The number of rotatable bonds is 6. The van der Waals surface area contributed by atoms with Gasteiger partial charge in [-0.1, -0.05) is 49.7 Å². The Labute approximate surface area is 239 Å². The van der Waals surface area contributed by atoms with Crippen LogP contribution in [0.2, 0.25) is 10.0 Å². The van der Waals surface area contributed by atoms with Crippen molar-refractivity contribution in [1.29, 1.82) is 0 Å². The SMILES string of the molecule is C=C/C(C)=C(\C(=NC)C(C)C)n1c(=O)nc(N2CCNCC2)c2cc(F)c(-c3c(Cl)c(N)c(F)c(F)c3Cl)nc21. The maximum Gasteiger partial charge on any atom is 0.355 e. The lowest BCUT2D eigenvalue weighted by Gasteiger charge is -2.30. The molecule has 1 fully saturated rings. The molecule has 1 aliphatic rings. The van der Waals surface area contributed by atoms with Crippen LogP contribution in [0.4, 0.5) is 24.7 Å². The van der Waals surface area contributed by atoms with Crippen LogP contribution in [0.15, 0.2) is 34.1 Å². The molecule has 0 saturated carbocycles. The van der Waals surface area contributed by atoms with E-state index < -0.39 is 50.1 Å². The lowest BCUT2D eigenvalue weighted by atomic mass is 10.0. The average Bonchev–Trinajstić information content (AvgIpc) is 2.94. The lowest BCUT2D eigenvalue weighted by Crippen LogP contribution is -2.45. The van der Waals surface area contributed by atoms with Crippen LogP contribution < -0.4 is 21.6 Å². The number of hydrogen-bond donors (Lipinski definition) is 2. The first-order chi connectivity index (χ1) is 18.9. The van der Waals surface area contributed by atoms with E-state index in [0.29, 0.717) is 43.2 Å². The number of allylic oxidation sites excluding steroid dienone is 3. The maximum atomic E-state index is 15.9. The molecule has 3 aromatic rings. The third kappa shape index (κ3) is 4.97. The number of benzene rings is 1. The molecule has 40 heavy (non-hydrogen) atoms. The molecule has 3 N–H and O–H groups in total. The van der Waals surface area contributed by atoms with Gasteiger partial charge in [-0.2, -0.15) is 4.98 Å². The zero-order chi connectivity index (χ0) is 29.5. The van der Waals surface area contributed by atoms with Gasteiger partial charge in [-0.3, -0.25) is 4.99 Å². The summed E-state index contributed by atoms with van der Waals surface area (Å²) in [5.41, 5.74) is 4.69. The highest BCUT2D eigenvalue weighted by atomic mass is 35.5. The first-order valence-corrected chi connectivity index (χ1v) is 13.2. The van der Waals surface area contributed by atoms with E-state index in [1.165, 1.54) is 4.57 Å². The van der Waals surface area contributed by atoms with E-state index in [-0.39, 0.29) is 22.8 Å². The second-order valence-electron chi connectivity index (χ2n) is 9.52. The Morgan fingerprint density at radius 3 is 2.40 bits per heavy atom. The summed E-state index contributed by atoms with van der Waals surface area (Å²) >= 11 is 12.4. The fraction of sp³-hybridized carbons (Fsp3) is 0.333. The minimum Gasteiger partial charge on any atom is -0.395 e. The van der Waals surface area contributed by atoms with Gasteiger partial charge >= 0.3 is 5.69 Å². The number of hydrogen-bond acceptors (Lipinski definition) is 7. The van der Waals surface area contributed by atoms with Crippen LogP contribution in [0, 0.1) is 23.4 Å². The van der Waals surface area contributed by atoms with Gasteiger partial charge in [0.15, 0.2) is 17.3 Å². The molecule has 0 bridgehead atoms. The number of aromatic nitrogens is 3. The summed E-state index contributed by atoms with van der Waals surface area (Å²) in [6.07, 6.45) is 1.56. The van der Waals surface area contributed by atoms with E-state index in [2.05, 4.69) is 26.9 Å². The topological polar surface area (TPSA) is 101 Å². The Balaban J connectivity index is 2.21. The van der Waals surface area contributed by atoms with Gasteiger partial charge in [0.2, 0.25) is 0 Å². The van der Waals surface area contributed by atoms with Crippen LogP contribution >= 0.6 is 23.2 Å². The molecule has 2 aromatic heterocycles. The third-order valence-electron chi connectivity index (χ3n) is 6.69. The van der Waals surface area contributed by atoms with Crippen LogP contribution in [0.25, 0.3) is 28.0 Å². The van der Waals surface area contributed by atoms with Crippen LogP contribution in [0.3, 0.4) is 0 Å². The fourth-order valence-corrected chi connectivity index (χ4v) is 5.27.